The Labute approximate surface area is 134 Å². The van der Waals surface area contributed by atoms with E-state index in [1.165, 1.54) is 10.5 Å². The number of amides is 1. The Morgan fingerprint density at radius 3 is 2.55 bits per heavy atom. The molecule has 3 heterocycles. The molecule has 0 radical (unpaired) electrons. The minimum absolute atomic E-state index is 0.0344. The number of aromatic nitrogens is 2. The average molecular weight is 318 g/mol. The number of quaternary nitrogens is 1. The predicted octanol–water partition coefficient (Wildman–Crippen LogP) is 0.671. The number of nitrogens with zero attached hydrogens (tertiary/aromatic N) is 3. The van der Waals surface area contributed by atoms with E-state index in [1.54, 1.807) is 18.3 Å². The van der Waals surface area contributed by atoms with Crippen molar-refractivity contribution in [2.45, 2.75) is 6.54 Å². The van der Waals surface area contributed by atoms with Crippen LogP contribution in [0.15, 0.2) is 42.9 Å². The van der Waals surface area contributed by atoms with Crippen molar-refractivity contribution in [3.05, 3.63) is 59.1 Å². The normalized spacial score (nSPS) is 15.8. The summed E-state index contributed by atoms with van der Waals surface area (Å²) in [6, 6.07) is 7.47. The lowest BCUT2D eigenvalue weighted by Crippen LogP contribution is -3.13. The van der Waals surface area contributed by atoms with E-state index in [0.717, 1.165) is 32.7 Å². The van der Waals surface area contributed by atoms with Gasteiger partial charge < -0.3 is 9.80 Å². The van der Waals surface area contributed by atoms with Gasteiger partial charge in [0, 0.05) is 24.2 Å². The van der Waals surface area contributed by atoms with Crippen LogP contribution in [0.4, 0.5) is 0 Å². The molecule has 5 nitrogen and oxygen atoms in total. The maximum absolute atomic E-state index is 12.4. The standard InChI is InChI=1S/C16H17ClN4O/c17-15-2-1-14(11-19-15)16(22)21-9-7-20(8-10-21)12-13-3-5-18-6-4-13/h1-6,11H,7-10,12H2/p+1. The van der Waals surface area contributed by atoms with Crippen LogP contribution in [0.1, 0.15) is 15.9 Å². The second-order valence-corrected chi connectivity index (χ2v) is 5.83. The monoisotopic (exact) mass is 317 g/mol. The molecule has 0 spiro atoms. The molecule has 1 aliphatic heterocycles. The van der Waals surface area contributed by atoms with Crippen LogP contribution in [0.5, 0.6) is 0 Å². The molecule has 1 aliphatic rings. The van der Waals surface area contributed by atoms with Gasteiger partial charge in [-0.1, -0.05) is 11.6 Å². The summed E-state index contributed by atoms with van der Waals surface area (Å²) in [6.07, 6.45) is 5.19. The van der Waals surface area contributed by atoms with Crippen molar-refractivity contribution in [1.82, 2.24) is 14.9 Å². The Balaban J connectivity index is 1.55. The molecule has 0 saturated carbocycles. The number of carbonyl (C=O) groups excluding carboxylic acids is 1. The molecule has 1 fully saturated rings. The minimum atomic E-state index is 0.0344. The number of halogens is 1. The molecule has 1 saturated heterocycles. The highest BCUT2D eigenvalue weighted by Crippen LogP contribution is 2.08. The topological polar surface area (TPSA) is 50.5 Å². The molecule has 6 heteroatoms. The van der Waals surface area contributed by atoms with Gasteiger partial charge in [-0.05, 0) is 24.3 Å². The summed E-state index contributed by atoms with van der Waals surface area (Å²) in [5.41, 5.74) is 1.88. The van der Waals surface area contributed by atoms with Crippen LogP contribution in [0.3, 0.4) is 0 Å². The average Bonchev–Trinajstić information content (AvgIpc) is 2.57. The van der Waals surface area contributed by atoms with E-state index in [0.29, 0.717) is 10.7 Å². The first-order valence-corrected chi connectivity index (χ1v) is 7.73. The van der Waals surface area contributed by atoms with Gasteiger partial charge in [0.05, 0.1) is 31.7 Å². The number of nitrogens with one attached hydrogen (secondary N) is 1. The summed E-state index contributed by atoms with van der Waals surface area (Å²) < 4.78 is 0. The van der Waals surface area contributed by atoms with Crippen molar-refractivity contribution in [3.8, 4) is 0 Å². The molecule has 3 rings (SSSR count). The Bertz CT molecular complexity index is 624. The summed E-state index contributed by atoms with van der Waals surface area (Å²) in [6.45, 7) is 4.42. The van der Waals surface area contributed by atoms with Crippen molar-refractivity contribution < 1.29 is 9.69 Å². The fourth-order valence-electron chi connectivity index (χ4n) is 2.68. The summed E-state index contributed by atoms with van der Waals surface area (Å²) in [5.74, 6) is 0.0344. The van der Waals surface area contributed by atoms with Gasteiger partial charge in [0.1, 0.15) is 11.7 Å². The molecular weight excluding hydrogens is 300 g/mol. The van der Waals surface area contributed by atoms with E-state index < -0.39 is 0 Å². The van der Waals surface area contributed by atoms with Crippen LogP contribution in [0.2, 0.25) is 5.15 Å². The van der Waals surface area contributed by atoms with Crippen molar-refractivity contribution in [2.75, 3.05) is 26.2 Å². The zero-order valence-electron chi connectivity index (χ0n) is 12.2. The largest absolute Gasteiger partial charge is 0.328 e. The lowest BCUT2D eigenvalue weighted by atomic mass is 10.2. The highest BCUT2D eigenvalue weighted by molar-refractivity contribution is 6.29. The first kappa shape index (κ1) is 14.9. The number of hydrogen-bond donors (Lipinski definition) is 1. The lowest BCUT2D eigenvalue weighted by Gasteiger charge is -2.32. The van der Waals surface area contributed by atoms with Gasteiger partial charge in [-0.25, -0.2) is 4.98 Å². The van der Waals surface area contributed by atoms with E-state index >= 15 is 0 Å². The van der Waals surface area contributed by atoms with Gasteiger partial charge >= 0.3 is 0 Å². The second-order valence-electron chi connectivity index (χ2n) is 5.44. The van der Waals surface area contributed by atoms with Crippen LogP contribution in [-0.2, 0) is 6.54 Å². The summed E-state index contributed by atoms with van der Waals surface area (Å²) >= 11 is 5.75. The minimum Gasteiger partial charge on any atom is -0.328 e. The fourth-order valence-corrected chi connectivity index (χ4v) is 2.79. The maximum Gasteiger partial charge on any atom is 0.255 e. The smallest absolute Gasteiger partial charge is 0.255 e. The Morgan fingerprint density at radius 2 is 1.91 bits per heavy atom. The van der Waals surface area contributed by atoms with Crippen molar-refractivity contribution in [1.29, 1.82) is 0 Å². The van der Waals surface area contributed by atoms with Gasteiger partial charge in [-0.3, -0.25) is 9.78 Å². The van der Waals surface area contributed by atoms with Crippen molar-refractivity contribution in [2.24, 2.45) is 0 Å². The van der Waals surface area contributed by atoms with Gasteiger partial charge in [-0.15, -0.1) is 0 Å². The molecule has 2 aromatic rings. The Hall–Kier alpha value is -1.98. The molecule has 0 aromatic carbocycles. The molecule has 1 amide bonds. The molecule has 114 valence electrons. The predicted molar refractivity (Wildman–Crippen MR) is 83.8 cm³/mol. The van der Waals surface area contributed by atoms with Gasteiger partial charge in [-0.2, -0.15) is 0 Å². The van der Waals surface area contributed by atoms with Crippen LogP contribution in [0.25, 0.3) is 0 Å². The van der Waals surface area contributed by atoms with Gasteiger partial charge in [0.15, 0.2) is 0 Å². The van der Waals surface area contributed by atoms with Gasteiger partial charge in [0.25, 0.3) is 5.91 Å². The molecule has 0 unspecified atom stereocenters. The quantitative estimate of drug-likeness (QED) is 0.847. The molecule has 0 aliphatic carbocycles. The van der Waals surface area contributed by atoms with Crippen molar-refractivity contribution in [3.63, 3.8) is 0 Å². The molecule has 0 atom stereocenters. The number of rotatable bonds is 3. The Morgan fingerprint density at radius 1 is 1.18 bits per heavy atom. The highest BCUT2D eigenvalue weighted by Gasteiger charge is 2.24. The Kier molecular flexibility index (Phi) is 4.65. The summed E-state index contributed by atoms with van der Waals surface area (Å²) in [4.78, 5) is 23.8. The second kappa shape index (κ2) is 6.85. The zero-order valence-corrected chi connectivity index (χ0v) is 13.0. The van der Waals surface area contributed by atoms with Crippen LogP contribution in [-0.4, -0.2) is 47.0 Å². The summed E-state index contributed by atoms with van der Waals surface area (Å²) in [5, 5.41) is 0.406. The molecular formula is C16H18ClN4O+. The van der Waals surface area contributed by atoms with Crippen LogP contribution in [0, 0.1) is 0 Å². The maximum atomic E-state index is 12.4. The van der Waals surface area contributed by atoms with Crippen molar-refractivity contribution >= 4 is 17.5 Å². The first-order chi connectivity index (χ1) is 10.7. The van der Waals surface area contributed by atoms with E-state index in [2.05, 4.69) is 9.97 Å². The third-order valence-corrected chi connectivity index (χ3v) is 4.16. The number of hydrogen-bond acceptors (Lipinski definition) is 3. The van der Waals surface area contributed by atoms with Crippen LogP contribution < -0.4 is 4.90 Å². The lowest BCUT2D eigenvalue weighted by molar-refractivity contribution is -0.917. The van der Waals surface area contributed by atoms with Gasteiger partial charge in [0.2, 0.25) is 0 Å². The fraction of sp³-hybridized carbons (Fsp3) is 0.312. The van der Waals surface area contributed by atoms with E-state index in [4.69, 9.17) is 11.6 Å². The highest BCUT2D eigenvalue weighted by atomic mass is 35.5. The molecule has 1 N–H and O–H groups in total. The summed E-state index contributed by atoms with van der Waals surface area (Å²) in [7, 11) is 0. The molecule has 0 bridgehead atoms. The zero-order chi connectivity index (χ0) is 15.4. The molecule has 2 aromatic heterocycles. The number of piperazine rings is 1. The first-order valence-electron chi connectivity index (χ1n) is 7.35. The molecule has 22 heavy (non-hydrogen) atoms. The third kappa shape index (κ3) is 3.61. The third-order valence-electron chi connectivity index (χ3n) is 3.94. The number of carbonyl (C=O) groups is 1. The van der Waals surface area contributed by atoms with E-state index in [1.807, 2.05) is 29.4 Å². The van der Waals surface area contributed by atoms with Crippen LogP contribution >= 0.6 is 11.6 Å². The van der Waals surface area contributed by atoms with E-state index in [-0.39, 0.29) is 5.91 Å². The number of pyridine rings is 2. The van der Waals surface area contributed by atoms with E-state index in [9.17, 15) is 4.79 Å². The SMILES string of the molecule is O=C(c1ccc(Cl)nc1)N1CC[NH+](Cc2ccncc2)CC1.